The molecule has 5 rings (SSSR count). The predicted molar refractivity (Wildman–Crippen MR) is 132 cm³/mol. The van der Waals surface area contributed by atoms with E-state index < -0.39 is 6.10 Å². The van der Waals surface area contributed by atoms with Crippen LogP contribution in [0.25, 0.3) is 10.9 Å². The Kier molecular flexibility index (Phi) is 6.98. The van der Waals surface area contributed by atoms with Gasteiger partial charge in [-0.25, -0.2) is 14.4 Å². The van der Waals surface area contributed by atoms with Gasteiger partial charge in [-0.15, -0.1) is 0 Å². The number of nitrogens with zero attached hydrogens (tertiary/aromatic N) is 4. The molecule has 9 heteroatoms. The first-order chi connectivity index (χ1) is 17.0. The Hall–Kier alpha value is -3.40. The molecule has 0 amide bonds. The van der Waals surface area contributed by atoms with E-state index in [1.165, 1.54) is 24.3 Å². The maximum Gasteiger partial charge on any atom is 0.164 e. The van der Waals surface area contributed by atoms with Crippen LogP contribution in [-0.4, -0.2) is 71.8 Å². The van der Waals surface area contributed by atoms with Gasteiger partial charge in [0.15, 0.2) is 5.82 Å². The number of aliphatic hydroxyl groups excluding tert-OH is 1. The zero-order valence-corrected chi connectivity index (χ0v) is 19.6. The smallest absolute Gasteiger partial charge is 0.164 e. The lowest BCUT2D eigenvalue weighted by molar-refractivity contribution is 0.0322. The van der Waals surface area contributed by atoms with E-state index in [0.717, 1.165) is 43.8 Å². The van der Waals surface area contributed by atoms with Crippen molar-refractivity contribution in [2.24, 2.45) is 4.99 Å². The van der Waals surface area contributed by atoms with Gasteiger partial charge in [0.1, 0.15) is 35.9 Å². The van der Waals surface area contributed by atoms with Crippen LogP contribution in [0.4, 0.5) is 10.2 Å². The van der Waals surface area contributed by atoms with E-state index in [2.05, 4.69) is 25.2 Å². The molecule has 35 heavy (non-hydrogen) atoms. The van der Waals surface area contributed by atoms with E-state index in [4.69, 9.17) is 9.47 Å². The summed E-state index contributed by atoms with van der Waals surface area (Å²) in [5.74, 6) is 1.76. The van der Waals surface area contributed by atoms with Gasteiger partial charge in [-0.2, -0.15) is 0 Å². The summed E-state index contributed by atoms with van der Waals surface area (Å²) in [5.41, 5.74) is 2.28. The van der Waals surface area contributed by atoms with Crippen molar-refractivity contribution in [1.82, 2.24) is 14.9 Å². The van der Waals surface area contributed by atoms with Crippen LogP contribution in [0, 0.1) is 5.82 Å². The van der Waals surface area contributed by atoms with Crippen molar-refractivity contribution in [3.8, 4) is 5.75 Å². The molecule has 3 heterocycles. The fourth-order valence-corrected chi connectivity index (χ4v) is 4.08. The van der Waals surface area contributed by atoms with E-state index in [-0.39, 0.29) is 11.6 Å². The summed E-state index contributed by atoms with van der Waals surface area (Å²) in [7, 11) is 0. The third-order valence-electron chi connectivity index (χ3n) is 6.02. The minimum Gasteiger partial charge on any atom is -0.492 e. The molecule has 2 aliphatic rings. The molecule has 2 aliphatic heterocycles. The van der Waals surface area contributed by atoms with Crippen molar-refractivity contribution in [3.05, 3.63) is 71.3 Å². The number of halogens is 1. The molecule has 1 aromatic heterocycles. The Balaban J connectivity index is 1.43. The monoisotopic (exact) mass is 477 g/mol. The highest BCUT2D eigenvalue weighted by molar-refractivity contribution is 6.08. The largest absolute Gasteiger partial charge is 0.492 e. The average Bonchev–Trinajstić information content (AvgIpc) is 3.29. The fraction of sp³-hybridized carbons (Fsp3) is 0.346. The van der Waals surface area contributed by atoms with Crippen molar-refractivity contribution >= 4 is 22.6 Å². The van der Waals surface area contributed by atoms with Gasteiger partial charge in [0.05, 0.1) is 25.3 Å². The molecule has 3 aromatic rings. The standard InChI is InChI=1S/C26H28FN5O3/c1-17-14-23(28-16-17)30-25-21-7-6-20(35-13-10-32-8-11-34-12-9-32)15-22(21)29-26(31-25)24(33)18-2-4-19(27)5-3-18/h2-7,14-15,24,33H,8-13,16H2,1H3,(H,28,29,30,31). The molecule has 0 saturated carbocycles. The summed E-state index contributed by atoms with van der Waals surface area (Å²) in [4.78, 5) is 16.0. The third kappa shape index (κ3) is 5.64. The number of anilines is 1. The second kappa shape index (κ2) is 10.5. The molecule has 1 atom stereocenters. The molecule has 0 bridgehead atoms. The van der Waals surface area contributed by atoms with Crippen molar-refractivity contribution in [2.45, 2.75) is 13.0 Å². The molecule has 0 spiro atoms. The summed E-state index contributed by atoms with van der Waals surface area (Å²) in [5, 5.41) is 15.0. The van der Waals surface area contributed by atoms with Crippen LogP contribution < -0.4 is 10.1 Å². The molecule has 2 aromatic carbocycles. The first kappa shape index (κ1) is 23.3. The topological polar surface area (TPSA) is 92.1 Å². The number of hydrogen-bond donors (Lipinski definition) is 2. The number of nitrogens with one attached hydrogen (secondary N) is 1. The molecular weight excluding hydrogens is 449 g/mol. The van der Waals surface area contributed by atoms with Gasteiger partial charge in [-0.05, 0) is 48.4 Å². The maximum atomic E-state index is 13.4. The highest BCUT2D eigenvalue weighted by Gasteiger charge is 2.19. The van der Waals surface area contributed by atoms with Gasteiger partial charge in [0.2, 0.25) is 0 Å². The lowest BCUT2D eigenvalue weighted by atomic mass is 10.1. The van der Waals surface area contributed by atoms with E-state index in [1.54, 1.807) is 0 Å². The number of hydrogen-bond acceptors (Lipinski definition) is 8. The number of fused-ring (bicyclic) bond motifs is 1. The van der Waals surface area contributed by atoms with Crippen molar-refractivity contribution in [1.29, 1.82) is 0 Å². The third-order valence-corrected chi connectivity index (χ3v) is 6.02. The second-order valence-electron chi connectivity index (χ2n) is 8.68. The average molecular weight is 478 g/mol. The number of aromatic nitrogens is 2. The lowest BCUT2D eigenvalue weighted by Crippen LogP contribution is -2.38. The zero-order valence-electron chi connectivity index (χ0n) is 19.6. The van der Waals surface area contributed by atoms with Gasteiger partial charge in [-0.1, -0.05) is 12.1 Å². The van der Waals surface area contributed by atoms with Crippen LogP contribution in [0.2, 0.25) is 0 Å². The molecule has 0 aliphatic carbocycles. The minimum atomic E-state index is -1.12. The van der Waals surface area contributed by atoms with Gasteiger partial charge in [-0.3, -0.25) is 9.89 Å². The number of benzene rings is 2. The number of aliphatic imine (C=N–C) groups is 1. The van der Waals surface area contributed by atoms with Crippen LogP contribution in [0.3, 0.4) is 0 Å². The quantitative estimate of drug-likeness (QED) is 0.539. The number of rotatable bonds is 7. The normalized spacial score (nSPS) is 17.2. The maximum absolute atomic E-state index is 13.4. The van der Waals surface area contributed by atoms with Crippen molar-refractivity contribution < 1.29 is 19.0 Å². The number of aliphatic hydroxyl groups is 1. The Labute approximate surface area is 203 Å². The molecule has 1 unspecified atom stereocenters. The molecule has 1 saturated heterocycles. The Morgan fingerprint density at radius 1 is 1.14 bits per heavy atom. The van der Waals surface area contributed by atoms with E-state index in [1.807, 2.05) is 31.2 Å². The lowest BCUT2D eigenvalue weighted by Gasteiger charge is -2.26. The molecular formula is C26H28FN5O3. The van der Waals surface area contributed by atoms with Gasteiger partial charge >= 0.3 is 0 Å². The Morgan fingerprint density at radius 3 is 2.69 bits per heavy atom. The number of ether oxygens (including phenoxy) is 2. The van der Waals surface area contributed by atoms with Crippen molar-refractivity contribution in [3.63, 3.8) is 0 Å². The molecule has 182 valence electrons. The van der Waals surface area contributed by atoms with Crippen LogP contribution in [-0.2, 0) is 4.74 Å². The van der Waals surface area contributed by atoms with Crippen LogP contribution in [0.5, 0.6) is 5.75 Å². The van der Waals surface area contributed by atoms with Crippen molar-refractivity contribution in [2.75, 3.05) is 51.3 Å². The molecule has 8 nitrogen and oxygen atoms in total. The predicted octanol–water partition coefficient (Wildman–Crippen LogP) is 3.33. The molecule has 1 fully saturated rings. The van der Waals surface area contributed by atoms with Crippen LogP contribution in [0.1, 0.15) is 24.4 Å². The van der Waals surface area contributed by atoms with Gasteiger partial charge < -0.3 is 19.9 Å². The molecule has 0 radical (unpaired) electrons. The summed E-state index contributed by atoms with van der Waals surface area (Å²) >= 11 is 0. The second-order valence-corrected chi connectivity index (χ2v) is 8.68. The number of morpholine rings is 1. The molecule has 2 N–H and O–H groups in total. The summed E-state index contributed by atoms with van der Waals surface area (Å²) in [6.45, 7) is 7.34. The fourth-order valence-electron chi connectivity index (χ4n) is 4.08. The van der Waals surface area contributed by atoms with Gasteiger partial charge in [0, 0.05) is 31.1 Å². The minimum absolute atomic E-state index is 0.205. The Bertz CT molecular complexity index is 1260. The summed E-state index contributed by atoms with van der Waals surface area (Å²) in [6, 6.07) is 11.3. The van der Waals surface area contributed by atoms with Gasteiger partial charge in [0.25, 0.3) is 0 Å². The van der Waals surface area contributed by atoms with E-state index in [0.29, 0.717) is 41.6 Å². The SMILES string of the molecule is CC1=CC(Nc2nc(C(O)c3ccc(F)cc3)nc3cc(OCCN4CCOCC4)ccc23)=NC1. The first-order valence-corrected chi connectivity index (χ1v) is 11.7. The zero-order chi connectivity index (χ0) is 24.2. The summed E-state index contributed by atoms with van der Waals surface area (Å²) in [6.07, 6.45) is 0.849. The Morgan fingerprint density at radius 2 is 1.94 bits per heavy atom. The van der Waals surface area contributed by atoms with Crippen LogP contribution in [0.15, 0.2) is 59.1 Å². The van der Waals surface area contributed by atoms with Crippen LogP contribution >= 0.6 is 0 Å². The highest BCUT2D eigenvalue weighted by Crippen LogP contribution is 2.29. The first-order valence-electron chi connectivity index (χ1n) is 11.7. The summed E-state index contributed by atoms with van der Waals surface area (Å²) < 4.78 is 24.8. The van der Waals surface area contributed by atoms with E-state index >= 15 is 0 Å². The van der Waals surface area contributed by atoms with E-state index in [9.17, 15) is 9.50 Å². The number of amidine groups is 1. The highest BCUT2D eigenvalue weighted by atomic mass is 19.1.